The summed E-state index contributed by atoms with van der Waals surface area (Å²) in [6.45, 7) is 0. The number of halogens is 1. The van der Waals surface area contributed by atoms with Crippen molar-refractivity contribution in [3.8, 4) is 11.6 Å². The van der Waals surface area contributed by atoms with E-state index in [0.29, 0.717) is 17.4 Å². The summed E-state index contributed by atoms with van der Waals surface area (Å²) in [5, 5.41) is 10.6. The minimum atomic E-state index is -0.566. The van der Waals surface area contributed by atoms with E-state index in [1.807, 2.05) is 0 Å². The molecule has 0 aliphatic heterocycles. The molecule has 8 heteroatoms. The number of aromatic nitrogens is 1. The monoisotopic (exact) mass is 280 g/mol. The third kappa shape index (κ3) is 3.09. The van der Waals surface area contributed by atoms with Gasteiger partial charge in [0.25, 0.3) is 5.69 Å². The summed E-state index contributed by atoms with van der Waals surface area (Å²) in [5.74, 6) is 6.30. The van der Waals surface area contributed by atoms with E-state index >= 15 is 0 Å². The molecular formula is C11H9ClN4O3. The van der Waals surface area contributed by atoms with E-state index in [9.17, 15) is 10.1 Å². The van der Waals surface area contributed by atoms with Gasteiger partial charge in [-0.3, -0.25) is 10.1 Å². The predicted molar refractivity (Wildman–Crippen MR) is 70.2 cm³/mol. The van der Waals surface area contributed by atoms with Crippen LogP contribution in [0.3, 0.4) is 0 Å². The average molecular weight is 281 g/mol. The van der Waals surface area contributed by atoms with Crippen LogP contribution in [0.2, 0.25) is 5.02 Å². The Labute approximate surface area is 113 Å². The Kier molecular flexibility index (Phi) is 3.79. The minimum absolute atomic E-state index is 0.00407. The highest BCUT2D eigenvalue weighted by Crippen LogP contribution is 2.30. The third-order valence-electron chi connectivity index (χ3n) is 2.21. The topological polar surface area (TPSA) is 103 Å². The molecule has 7 nitrogen and oxygen atoms in total. The molecule has 0 saturated heterocycles. The van der Waals surface area contributed by atoms with Crippen LogP contribution in [0.5, 0.6) is 11.6 Å². The van der Waals surface area contributed by atoms with E-state index in [0.717, 1.165) is 0 Å². The second kappa shape index (κ2) is 5.51. The number of nitro benzene ring substituents is 1. The Morgan fingerprint density at radius 3 is 2.79 bits per heavy atom. The van der Waals surface area contributed by atoms with Gasteiger partial charge < -0.3 is 10.2 Å². The first-order chi connectivity index (χ1) is 9.10. The molecule has 1 aromatic carbocycles. The van der Waals surface area contributed by atoms with Crippen molar-refractivity contribution in [2.24, 2.45) is 5.84 Å². The highest BCUT2D eigenvalue weighted by Gasteiger charge is 2.13. The molecule has 1 heterocycles. The standard InChI is InChI=1S/C11H9ClN4O3/c12-8-6-7(4-5-9(8)16(17)18)19-11-3-1-2-10(14-11)15-13/h1-6H,13H2,(H,14,15). The number of hydrogen-bond donors (Lipinski definition) is 2. The first kappa shape index (κ1) is 13.1. The van der Waals surface area contributed by atoms with Crippen LogP contribution in [-0.2, 0) is 0 Å². The van der Waals surface area contributed by atoms with E-state index in [1.54, 1.807) is 18.2 Å². The van der Waals surface area contributed by atoms with Crippen LogP contribution in [0.15, 0.2) is 36.4 Å². The molecule has 19 heavy (non-hydrogen) atoms. The van der Waals surface area contributed by atoms with Gasteiger partial charge in [-0.15, -0.1) is 0 Å². The van der Waals surface area contributed by atoms with E-state index in [4.69, 9.17) is 22.2 Å². The number of benzene rings is 1. The lowest BCUT2D eigenvalue weighted by Crippen LogP contribution is -2.08. The molecule has 0 aliphatic rings. The maximum absolute atomic E-state index is 10.6. The van der Waals surface area contributed by atoms with E-state index in [2.05, 4.69) is 10.4 Å². The fourth-order valence-electron chi connectivity index (χ4n) is 1.37. The number of hydrazine groups is 1. The molecule has 0 bridgehead atoms. The first-order valence-electron chi connectivity index (χ1n) is 5.15. The van der Waals surface area contributed by atoms with Crippen molar-refractivity contribution in [3.63, 3.8) is 0 Å². The van der Waals surface area contributed by atoms with Crippen LogP contribution < -0.4 is 16.0 Å². The Balaban J connectivity index is 2.23. The number of hydrogen-bond acceptors (Lipinski definition) is 6. The van der Waals surface area contributed by atoms with Crippen molar-refractivity contribution in [1.82, 2.24) is 4.98 Å². The number of nitrogens with one attached hydrogen (secondary N) is 1. The molecule has 0 unspecified atom stereocenters. The van der Waals surface area contributed by atoms with Crippen molar-refractivity contribution in [3.05, 3.63) is 51.5 Å². The Hall–Kier alpha value is -2.38. The number of nitrogens with zero attached hydrogens (tertiary/aromatic N) is 2. The largest absolute Gasteiger partial charge is 0.439 e. The Morgan fingerprint density at radius 2 is 2.16 bits per heavy atom. The Morgan fingerprint density at radius 1 is 1.37 bits per heavy atom. The van der Waals surface area contributed by atoms with Gasteiger partial charge in [0.15, 0.2) is 0 Å². The van der Waals surface area contributed by atoms with Gasteiger partial charge >= 0.3 is 0 Å². The quantitative estimate of drug-likeness (QED) is 0.507. The molecule has 2 aromatic rings. The number of nitrogen functional groups attached to an aromatic ring is 1. The highest BCUT2D eigenvalue weighted by molar-refractivity contribution is 6.32. The number of pyridine rings is 1. The Bertz CT molecular complexity index is 621. The van der Waals surface area contributed by atoms with Gasteiger partial charge in [0.1, 0.15) is 16.6 Å². The van der Waals surface area contributed by atoms with Gasteiger partial charge in [-0.05, 0) is 12.1 Å². The van der Waals surface area contributed by atoms with Crippen LogP contribution in [0, 0.1) is 10.1 Å². The molecule has 0 fully saturated rings. The molecule has 0 aliphatic carbocycles. The van der Waals surface area contributed by atoms with Crippen LogP contribution in [0.1, 0.15) is 0 Å². The predicted octanol–water partition coefficient (Wildman–Crippen LogP) is 2.72. The summed E-state index contributed by atoms with van der Waals surface area (Å²) in [5.41, 5.74) is 2.20. The smallest absolute Gasteiger partial charge is 0.288 e. The summed E-state index contributed by atoms with van der Waals surface area (Å²) < 4.78 is 5.42. The molecule has 0 saturated carbocycles. The normalized spacial score (nSPS) is 10.0. The van der Waals surface area contributed by atoms with Gasteiger partial charge in [0.05, 0.1) is 4.92 Å². The SMILES string of the molecule is NNc1cccc(Oc2ccc([N+](=O)[O-])c(Cl)c2)n1. The molecule has 0 radical (unpaired) electrons. The summed E-state index contributed by atoms with van der Waals surface area (Å²) in [6.07, 6.45) is 0. The van der Waals surface area contributed by atoms with Crippen molar-refractivity contribution in [1.29, 1.82) is 0 Å². The average Bonchev–Trinajstić information content (AvgIpc) is 2.38. The maximum atomic E-state index is 10.6. The lowest BCUT2D eigenvalue weighted by molar-refractivity contribution is -0.384. The number of ether oxygens (including phenoxy) is 1. The van der Waals surface area contributed by atoms with Gasteiger partial charge in [-0.2, -0.15) is 4.98 Å². The molecule has 98 valence electrons. The van der Waals surface area contributed by atoms with Crippen LogP contribution in [0.4, 0.5) is 11.5 Å². The van der Waals surface area contributed by atoms with Gasteiger partial charge in [-0.25, -0.2) is 5.84 Å². The minimum Gasteiger partial charge on any atom is -0.439 e. The molecular weight excluding hydrogens is 272 g/mol. The van der Waals surface area contributed by atoms with Crippen LogP contribution in [-0.4, -0.2) is 9.91 Å². The molecule has 2 rings (SSSR count). The van der Waals surface area contributed by atoms with Crippen molar-refractivity contribution in [2.75, 3.05) is 5.43 Å². The van der Waals surface area contributed by atoms with Crippen LogP contribution >= 0.6 is 11.6 Å². The fraction of sp³-hybridized carbons (Fsp3) is 0. The van der Waals surface area contributed by atoms with E-state index < -0.39 is 4.92 Å². The summed E-state index contributed by atoms with van der Waals surface area (Å²) in [4.78, 5) is 14.1. The summed E-state index contributed by atoms with van der Waals surface area (Å²) >= 11 is 5.77. The number of nitro groups is 1. The molecule has 0 amide bonds. The fourth-order valence-corrected chi connectivity index (χ4v) is 1.61. The number of anilines is 1. The first-order valence-corrected chi connectivity index (χ1v) is 5.53. The zero-order chi connectivity index (χ0) is 13.8. The van der Waals surface area contributed by atoms with E-state index in [-0.39, 0.29) is 10.7 Å². The van der Waals surface area contributed by atoms with Crippen LogP contribution in [0.25, 0.3) is 0 Å². The van der Waals surface area contributed by atoms with Gasteiger partial charge in [-0.1, -0.05) is 17.7 Å². The van der Waals surface area contributed by atoms with Crippen molar-refractivity contribution in [2.45, 2.75) is 0 Å². The lowest BCUT2D eigenvalue weighted by Gasteiger charge is -2.06. The maximum Gasteiger partial charge on any atom is 0.288 e. The molecule has 0 spiro atoms. The summed E-state index contributed by atoms with van der Waals surface area (Å²) in [7, 11) is 0. The van der Waals surface area contributed by atoms with Crippen molar-refractivity contribution < 1.29 is 9.66 Å². The summed E-state index contributed by atoms with van der Waals surface area (Å²) in [6, 6.07) is 9.04. The zero-order valence-electron chi connectivity index (χ0n) is 9.54. The van der Waals surface area contributed by atoms with Crippen molar-refractivity contribution >= 4 is 23.1 Å². The van der Waals surface area contributed by atoms with Gasteiger partial charge in [0.2, 0.25) is 5.88 Å². The molecule has 0 atom stereocenters. The zero-order valence-corrected chi connectivity index (χ0v) is 10.3. The lowest BCUT2D eigenvalue weighted by atomic mass is 10.3. The van der Waals surface area contributed by atoms with E-state index in [1.165, 1.54) is 18.2 Å². The number of rotatable bonds is 4. The molecule has 1 aromatic heterocycles. The number of nitrogens with two attached hydrogens (primary N) is 1. The molecule has 3 N–H and O–H groups in total. The second-order valence-corrected chi connectivity index (χ2v) is 3.88. The van der Waals surface area contributed by atoms with Gasteiger partial charge in [0, 0.05) is 18.2 Å². The second-order valence-electron chi connectivity index (χ2n) is 3.48. The third-order valence-corrected chi connectivity index (χ3v) is 2.51. The highest BCUT2D eigenvalue weighted by atomic mass is 35.5.